The first kappa shape index (κ1) is 20.3. The highest BCUT2D eigenvalue weighted by Crippen LogP contribution is 2.55. The third kappa shape index (κ3) is 2.76. The van der Waals surface area contributed by atoms with Crippen molar-refractivity contribution in [2.75, 3.05) is 9.80 Å². The largest absolute Gasteiger partial charge is 0.334 e. The molecule has 3 aliphatic heterocycles. The summed E-state index contributed by atoms with van der Waals surface area (Å²) >= 11 is 2.06. The lowest BCUT2D eigenvalue weighted by atomic mass is 9.33. The molecule has 2 atom stereocenters. The van der Waals surface area contributed by atoms with Gasteiger partial charge in [-0.1, -0.05) is 78.9 Å². The molecule has 0 spiro atoms. The van der Waals surface area contributed by atoms with Crippen molar-refractivity contribution in [3.63, 3.8) is 0 Å². The number of benzene rings is 5. The first-order valence-corrected chi connectivity index (χ1v) is 13.4. The first-order valence-electron chi connectivity index (χ1n) is 12.6. The Morgan fingerprint density at radius 3 is 2.03 bits per heavy atom. The number of hydrogen-bond acceptors (Lipinski definition) is 3. The molecule has 8 rings (SSSR count). The molecule has 5 aromatic rings. The molecule has 2 nitrogen and oxygen atoms in total. The van der Waals surface area contributed by atoms with Gasteiger partial charge in [-0.05, 0) is 65.0 Å². The zero-order chi connectivity index (χ0) is 23.6. The molecule has 0 radical (unpaired) electrons. The molecule has 2 unspecified atom stereocenters. The van der Waals surface area contributed by atoms with Gasteiger partial charge in [-0.25, -0.2) is 0 Å². The van der Waals surface area contributed by atoms with E-state index in [0.29, 0.717) is 11.9 Å². The van der Waals surface area contributed by atoms with Crippen LogP contribution in [0.2, 0.25) is 0 Å². The molecule has 0 N–H and O–H groups in total. The minimum atomic E-state index is 0.276. The molecular formula is C32H23BN2S. The maximum absolute atomic E-state index is 2.61. The van der Waals surface area contributed by atoms with E-state index in [9.17, 15) is 0 Å². The van der Waals surface area contributed by atoms with Crippen LogP contribution in [0, 0.1) is 0 Å². The van der Waals surface area contributed by atoms with E-state index in [1.807, 2.05) is 0 Å². The van der Waals surface area contributed by atoms with Crippen LogP contribution in [0.1, 0.15) is 11.6 Å². The maximum atomic E-state index is 2.61. The third-order valence-electron chi connectivity index (χ3n) is 7.85. The predicted molar refractivity (Wildman–Crippen MR) is 154 cm³/mol. The number of fused-ring (bicyclic) bond motifs is 6. The zero-order valence-corrected chi connectivity index (χ0v) is 20.5. The van der Waals surface area contributed by atoms with Gasteiger partial charge in [-0.2, -0.15) is 0 Å². The molecule has 0 amide bonds. The Kier molecular flexibility index (Phi) is 4.41. The van der Waals surface area contributed by atoms with Crippen molar-refractivity contribution in [2.24, 2.45) is 0 Å². The van der Waals surface area contributed by atoms with Crippen LogP contribution >= 0.6 is 11.8 Å². The van der Waals surface area contributed by atoms with Crippen molar-refractivity contribution >= 4 is 57.8 Å². The van der Waals surface area contributed by atoms with Crippen LogP contribution in [0.3, 0.4) is 0 Å². The fourth-order valence-corrected chi connectivity index (χ4v) is 8.09. The van der Waals surface area contributed by atoms with Crippen molar-refractivity contribution in [1.82, 2.24) is 0 Å². The van der Waals surface area contributed by atoms with Gasteiger partial charge in [0.1, 0.15) is 0 Å². The Morgan fingerprint density at radius 2 is 1.19 bits per heavy atom. The summed E-state index contributed by atoms with van der Waals surface area (Å²) in [6, 6.07) is 47.0. The highest BCUT2D eigenvalue weighted by molar-refractivity contribution is 8.02. The summed E-state index contributed by atoms with van der Waals surface area (Å²) < 4.78 is 0. The number of thioether (sulfide) groups is 1. The Morgan fingerprint density at radius 1 is 0.556 bits per heavy atom. The van der Waals surface area contributed by atoms with Gasteiger partial charge < -0.3 is 9.80 Å². The maximum Gasteiger partial charge on any atom is 0.233 e. The molecule has 0 bridgehead atoms. The van der Waals surface area contributed by atoms with Crippen molar-refractivity contribution < 1.29 is 0 Å². The summed E-state index contributed by atoms with van der Waals surface area (Å²) in [5.74, 6) is 0. The molecule has 5 aromatic carbocycles. The van der Waals surface area contributed by atoms with Gasteiger partial charge in [-0.15, -0.1) is 11.8 Å². The lowest BCUT2D eigenvalue weighted by Crippen LogP contribution is -2.62. The van der Waals surface area contributed by atoms with E-state index in [4.69, 9.17) is 0 Å². The molecular weight excluding hydrogens is 455 g/mol. The first-order chi connectivity index (χ1) is 17.9. The van der Waals surface area contributed by atoms with Crippen molar-refractivity contribution in [3.05, 3.63) is 133 Å². The van der Waals surface area contributed by atoms with Gasteiger partial charge in [0.05, 0.1) is 6.04 Å². The van der Waals surface area contributed by atoms with E-state index >= 15 is 0 Å². The molecule has 4 heteroatoms. The second-order valence-corrected chi connectivity index (χ2v) is 10.9. The fourth-order valence-electron chi connectivity index (χ4n) is 6.50. The molecule has 3 heterocycles. The summed E-state index contributed by atoms with van der Waals surface area (Å²) in [7, 11) is 0. The van der Waals surface area contributed by atoms with E-state index in [-0.39, 0.29) is 6.04 Å². The van der Waals surface area contributed by atoms with Gasteiger partial charge >= 0.3 is 0 Å². The molecule has 0 aromatic heterocycles. The average Bonchev–Trinajstić information content (AvgIpc) is 3.33. The van der Waals surface area contributed by atoms with Gasteiger partial charge in [-0.3, -0.25) is 0 Å². The molecule has 170 valence electrons. The molecule has 0 saturated heterocycles. The summed E-state index contributed by atoms with van der Waals surface area (Å²) in [6.45, 7) is 0.315. The van der Waals surface area contributed by atoms with Crippen molar-refractivity contribution in [1.29, 1.82) is 0 Å². The molecule has 0 saturated carbocycles. The topological polar surface area (TPSA) is 6.48 Å². The lowest BCUT2D eigenvalue weighted by molar-refractivity contribution is 0.746. The van der Waals surface area contributed by atoms with Crippen LogP contribution in [0.4, 0.5) is 28.4 Å². The minimum absolute atomic E-state index is 0.276. The summed E-state index contributed by atoms with van der Waals surface area (Å²) in [5, 5.41) is 0.385. The van der Waals surface area contributed by atoms with Crippen LogP contribution in [-0.4, -0.2) is 11.9 Å². The fraction of sp³-hybridized carbons (Fsp3) is 0.0625. The number of nitrogens with zero attached hydrogens (tertiary/aromatic N) is 2. The predicted octanol–water partition coefficient (Wildman–Crippen LogP) is 6.99. The van der Waals surface area contributed by atoms with Crippen molar-refractivity contribution in [3.8, 4) is 0 Å². The lowest BCUT2D eigenvalue weighted by Gasteiger charge is -2.48. The Labute approximate surface area is 216 Å². The van der Waals surface area contributed by atoms with Crippen LogP contribution < -0.4 is 20.7 Å². The van der Waals surface area contributed by atoms with Crippen LogP contribution in [-0.2, 0) is 0 Å². The minimum Gasteiger partial charge on any atom is -0.334 e. The van der Waals surface area contributed by atoms with Crippen LogP contribution in [0.15, 0.2) is 132 Å². The van der Waals surface area contributed by atoms with Gasteiger partial charge in [0, 0.05) is 38.5 Å². The number of hydrogen-bond donors (Lipinski definition) is 0. The van der Waals surface area contributed by atoms with E-state index in [2.05, 4.69) is 149 Å². The van der Waals surface area contributed by atoms with Crippen LogP contribution in [0.25, 0.3) is 0 Å². The standard InChI is InChI=1S/C32H23BN2S/c1-3-12-22(13-4-1)34-26-18-9-8-17-25(26)33-30-27(34)19-11-20-28(30)35(23-14-5-2-6-15-23)31-24-16-7-10-21-29(24)36-32(31)33/h1-21,31-32H. The second-order valence-electron chi connectivity index (χ2n) is 9.69. The second kappa shape index (κ2) is 7.81. The molecule has 0 fully saturated rings. The summed E-state index contributed by atoms with van der Waals surface area (Å²) in [4.78, 5) is 6.47. The van der Waals surface area contributed by atoms with Gasteiger partial charge in [0.15, 0.2) is 0 Å². The normalized spacial score (nSPS) is 18.8. The summed E-state index contributed by atoms with van der Waals surface area (Å²) in [5.41, 5.74) is 10.7. The number of rotatable bonds is 2. The number of anilines is 5. The average molecular weight is 478 g/mol. The monoisotopic (exact) mass is 478 g/mol. The van der Waals surface area contributed by atoms with Crippen LogP contribution in [0.5, 0.6) is 0 Å². The molecule has 3 aliphatic rings. The van der Waals surface area contributed by atoms with E-state index in [1.165, 1.54) is 49.8 Å². The van der Waals surface area contributed by atoms with E-state index in [0.717, 1.165) is 0 Å². The smallest absolute Gasteiger partial charge is 0.233 e. The quantitative estimate of drug-likeness (QED) is 0.253. The molecule has 36 heavy (non-hydrogen) atoms. The third-order valence-corrected chi connectivity index (χ3v) is 9.28. The number of para-hydroxylation sites is 3. The molecule has 0 aliphatic carbocycles. The van der Waals surface area contributed by atoms with E-state index < -0.39 is 0 Å². The Bertz CT molecular complexity index is 1600. The summed E-state index contributed by atoms with van der Waals surface area (Å²) in [6.07, 6.45) is 0. The Hall–Kier alpha value is -3.89. The SMILES string of the molecule is c1ccc(N2c3ccccc3B3c4c2cccc4N(c2ccccc2)C2c4ccccc4SC32)cc1. The van der Waals surface area contributed by atoms with E-state index in [1.54, 1.807) is 0 Å². The zero-order valence-electron chi connectivity index (χ0n) is 19.7. The highest BCUT2D eigenvalue weighted by Gasteiger charge is 2.53. The highest BCUT2D eigenvalue weighted by atomic mass is 32.2. The Balaban J connectivity index is 1.45. The van der Waals surface area contributed by atoms with Gasteiger partial charge in [0.25, 0.3) is 0 Å². The van der Waals surface area contributed by atoms with Gasteiger partial charge in [0.2, 0.25) is 6.71 Å². The van der Waals surface area contributed by atoms with Crippen molar-refractivity contribution in [2.45, 2.75) is 16.1 Å².